The average Bonchev–Trinajstić information content (AvgIpc) is 2.92. The Morgan fingerprint density at radius 2 is 0.632 bits per heavy atom. The molecule has 0 N–H and O–H groups in total. The minimum absolute atomic E-state index is 1.12. The van der Waals surface area contributed by atoms with Crippen molar-refractivity contribution in [1.82, 2.24) is 4.90 Å². The second kappa shape index (κ2) is 33.9. The van der Waals surface area contributed by atoms with Crippen LogP contribution in [0.3, 0.4) is 0 Å². The standard InChI is InChI=1S/C37H69N/c1-4-6-8-10-12-14-16-18-20-22-24-26-28-30-32-34-36-38(3)37-35-33-31-29-27-25-23-21-19-17-15-13-11-9-7-5-2/h12-15,18-21H,4-11,16-17,22-37H2,1-3H3/b14-12+,15-13+,20-18+,21-19+. The maximum Gasteiger partial charge on any atom is -0.00218 e. The van der Waals surface area contributed by atoms with E-state index >= 15 is 0 Å². The first-order valence-electron chi connectivity index (χ1n) is 17.1. The van der Waals surface area contributed by atoms with Gasteiger partial charge in [-0.25, -0.2) is 0 Å². The minimum atomic E-state index is 1.12. The zero-order chi connectivity index (χ0) is 27.6. The van der Waals surface area contributed by atoms with E-state index in [1.807, 2.05) is 0 Å². The molecule has 0 unspecified atom stereocenters. The Labute approximate surface area is 241 Å². The Bertz CT molecular complexity index is 493. The highest BCUT2D eigenvalue weighted by atomic mass is 15.1. The molecule has 0 radical (unpaired) electrons. The number of hydrogen-bond acceptors (Lipinski definition) is 1. The average molecular weight is 528 g/mol. The van der Waals surface area contributed by atoms with E-state index in [4.69, 9.17) is 0 Å². The molecule has 0 bridgehead atoms. The molecule has 0 heterocycles. The monoisotopic (exact) mass is 528 g/mol. The van der Waals surface area contributed by atoms with E-state index < -0.39 is 0 Å². The van der Waals surface area contributed by atoms with Crippen LogP contribution in [0.4, 0.5) is 0 Å². The summed E-state index contributed by atoms with van der Waals surface area (Å²) in [5.41, 5.74) is 0. The van der Waals surface area contributed by atoms with Crippen molar-refractivity contribution in [2.75, 3.05) is 20.1 Å². The molecule has 0 aliphatic carbocycles. The maximum atomic E-state index is 2.56. The summed E-state index contributed by atoms with van der Waals surface area (Å²) in [6, 6.07) is 0. The molecule has 0 saturated heterocycles. The first kappa shape index (κ1) is 36.9. The zero-order valence-corrected chi connectivity index (χ0v) is 26.5. The summed E-state index contributed by atoms with van der Waals surface area (Å²) in [5, 5.41) is 0. The molecule has 38 heavy (non-hydrogen) atoms. The van der Waals surface area contributed by atoms with E-state index in [9.17, 15) is 0 Å². The molecule has 0 saturated carbocycles. The van der Waals surface area contributed by atoms with Crippen LogP contribution in [0, 0.1) is 0 Å². The number of allylic oxidation sites excluding steroid dienone is 8. The molecule has 0 fully saturated rings. The summed E-state index contributed by atoms with van der Waals surface area (Å²) in [4.78, 5) is 2.56. The van der Waals surface area contributed by atoms with Crippen LogP contribution < -0.4 is 0 Å². The van der Waals surface area contributed by atoms with Gasteiger partial charge in [-0.15, -0.1) is 0 Å². The zero-order valence-electron chi connectivity index (χ0n) is 26.5. The van der Waals surface area contributed by atoms with Gasteiger partial charge in [-0.2, -0.15) is 0 Å². The third-order valence-corrected chi connectivity index (χ3v) is 7.48. The van der Waals surface area contributed by atoms with Crippen molar-refractivity contribution in [3.63, 3.8) is 0 Å². The van der Waals surface area contributed by atoms with Crippen LogP contribution in [0.2, 0.25) is 0 Å². The molecule has 0 aromatic heterocycles. The van der Waals surface area contributed by atoms with Gasteiger partial charge in [0.1, 0.15) is 0 Å². The summed E-state index contributed by atoms with van der Waals surface area (Å²) >= 11 is 0. The predicted molar refractivity (Wildman–Crippen MR) is 176 cm³/mol. The van der Waals surface area contributed by atoms with Crippen molar-refractivity contribution < 1.29 is 0 Å². The van der Waals surface area contributed by atoms with Gasteiger partial charge in [-0.3, -0.25) is 0 Å². The highest BCUT2D eigenvalue weighted by Crippen LogP contribution is 2.11. The largest absolute Gasteiger partial charge is 0.306 e. The first-order valence-corrected chi connectivity index (χ1v) is 17.1. The van der Waals surface area contributed by atoms with E-state index in [0.717, 1.165) is 12.8 Å². The molecule has 0 aliphatic heterocycles. The summed E-state index contributed by atoms with van der Waals surface area (Å²) in [6.45, 7) is 7.11. The smallest absolute Gasteiger partial charge is 0.00218 e. The van der Waals surface area contributed by atoms with Gasteiger partial charge in [0.15, 0.2) is 0 Å². The normalized spacial score (nSPS) is 12.5. The molecule has 1 heteroatoms. The highest BCUT2D eigenvalue weighted by molar-refractivity contribution is 4.93. The van der Waals surface area contributed by atoms with Crippen LogP contribution in [0.5, 0.6) is 0 Å². The predicted octanol–water partition coefficient (Wildman–Crippen LogP) is 12.5. The lowest BCUT2D eigenvalue weighted by molar-refractivity contribution is 0.314. The molecule has 0 rings (SSSR count). The van der Waals surface area contributed by atoms with E-state index in [0.29, 0.717) is 0 Å². The van der Waals surface area contributed by atoms with Crippen molar-refractivity contribution in [3.8, 4) is 0 Å². The number of unbranched alkanes of at least 4 members (excludes halogenated alkanes) is 18. The molecule has 0 amide bonds. The third kappa shape index (κ3) is 32.9. The van der Waals surface area contributed by atoms with E-state index in [1.54, 1.807) is 0 Å². The Hall–Kier alpha value is -1.08. The lowest BCUT2D eigenvalue weighted by Gasteiger charge is -2.16. The van der Waals surface area contributed by atoms with E-state index in [1.165, 1.54) is 154 Å². The molecular weight excluding hydrogens is 458 g/mol. The Morgan fingerprint density at radius 1 is 0.342 bits per heavy atom. The van der Waals surface area contributed by atoms with E-state index in [-0.39, 0.29) is 0 Å². The molecule has 0 aromatic rings. The Kier molecular flexibility index (Phi) is 33.0. The van der Waals surface area contributed by atoms with Gasteiger partial charge in [0.25, 0.3) is 0 Å². The summed E-state index contributed by atoms with van der Waals surface area (Å²) in [7, 11) is 2.32. The lowest BCUT2D eigenvalue weighted by atomic mass is 10.1. The van der Waals surface area contributed by atoms with Gasteiger partial charge in [0.2, 0.25) is 0 Å². The van der Waals surface area contributed by atoms with Gasteiger partial charge in [0, 0.05) is 0 Å². The third-order valence-electron chi connectivity index (χ3n) is 7.48. The molecular formula is C37H69N. The van der Waals surface area contributed by atoms with Crippen molar-refractivity contribution >= 4 is 0 Å². The van der Waals surface area contributed by atoms with Crippen LogP contribution >= 0.6 is 0 Å². The quantitative estimate of drug-likeness (QED) is 0.0663. The summed E-state index contributed by atoms with van der Waals surface area (Å²) < 4.78 is 0. The second-order valence-electron chi connectivity index (χ2n) is 11.5. The van der Waals surface area contributed by atoms with Gasteiger partial charge in [-0.05, 0) is 97.2 Å². The number of nitrogens with zero attached hydrogens (tertiary/aromatic N) is 1. The Balaban J connectivity index is 3.29. The Morgan fingerprint density at radius 3 is 0.974 bits per heavy atom. The van der Waals surface area contributed by atoms with Crippen LogP contribution in [0.15, 0.2) is 48.6 Å². The number of rotatable bonds is 30. The molecule has 0 atom stereocenters. The molecule has 0 aliphatic rings. The molecule has 1 nitrogen and oxygen atoms in total. The van der Waals surface area contributed by atoms with Crippen LogP contribution in [0.25, 0.3) is 0 Å². The highest BCUT2D eigenvalue weighted by Gasteiger charge is 1.99. The minimum Gasteiger partial charge on any atom is -0.306 e. The van der Waals surface area contributed by atoms with Gasteiger partial charge in [-0.1, -0.05) is 140 Å². The van der Waals surface area contributed by atoms with Crippen molar-refractivity contribution in [1.29, 1.82) is 0 Å². The second-order valence-corrected chi connectivity index (χ2v) is 11.5. The van der Waals surface area contributed by atoms with Gasteiger partial charge >= 0.3 is 0 Å². The van der Waals surface area contributed by atoms with E-state index in [2.05, 4.69) is 74.4 Å². The SMILES string of the molecule is CCCCC/C=C/C/C=C/CCCCCCCCN(C)CCCCCCCC/C=C/C/C=C/CCCCC. The van der Waals surface area contributed by atoms with Gasteiger partial charge < -0.3 is 4.90 Å². The topological polar surface area (TPSA) is 3.24 Å². The molecule has 0 spiro atoms. The van der Waals surface area contributed by atoms with Crippen LogP contribution in [-0.4, -0.2) is 25.0 Å². The summed E-state index contributed by atoms with van der Waals surface area (Å²) in [6.07, 6.45) is 51.0. The van der Waals surface area contributed by atoms with Crippen LogP contribution in [-0.2, 0) is 0 Å². The first-order chi connectivity index (χ1) is 18.8. The number of hydrogen-bond donors (Lipinski definition) is 0. The van der Waals surface area contributed by atoms with Crippen molar-refractivity contribution in [2.24, 2.45) is 0 Å². The van der Waals surface area contributed by atoms with Crippen LogP contribution in [0.1, 0.15) is 168 Å². The fourth-order valence-electron chi connectivity index (χ4n) is 4.85. The lowest BCUT2D eigenvalue weighted by Crippen LogP contribution is -2.20. The fourth-order valence-corrected chi connectivity index (χ4v) is 4.85. The van der Waals surface area contributed by atoms with Crippen molar-refractivity contribution in [2.45, 2.75) is 168 Å². The maximum absolute atomic E-state index is 2.56. The fraction of sp³-hybridized carbons (Fsp3) is 0.784. The molecule has 0 aromatic carbocycles. The molecule has 222 valence electrons. The summed E-state index contributed by atoms with van der Waals surface area (Å²) in [5.74, 6) is 0. The van der Waals surface area contributed by atoms with Crippen molar-refractivity contribution in [3.05, 3.63) is 48.6 Å². The van der Waals surface area contributed by atoms with Gasteiger partial charge in [0.05, 0.1) is 0 Å².